The van der Waals surface area contributed by atoms with Crippen molar-refractivity contribution in [2.45, 2.75) is 31.6 Å². The molecule has 2 aromatic rings. The molecule has 0 unspecified atom stereocenters. The van der Waals surface area contributed by atoms with Gasteiger partial charge in [0, 0.05) is 19.4 Å². The molecule has 1 aromatic carbocycles. The van der Waals surface area contributed by atoms with Crippen LogP contribution in [0.5, 0.6) is 5.75 Å². The summed E-state index contributed by atoms with van der Waals surface area (Å²) in [5.41, 5.74) is 0. The van der Waals surface area contributed by atoms with E-state index >= 15 is 0 Å². The van der Waals surface area contributed by atoms with Crippen LogP contribution in [0.4, 0.5) is 5.95 Å². The Morgan fingerprint density at radius 1 is 1.37 bits per heavy atom. The van der Waals surface area contributed by atoms with Crippen LogP contribution in [-0.2, 0) is 11.8 Å². The predicted octanol–water partition coefficient (Wildman–Crippen LogP) is 3.16. The van der Waals surface area contributed by atoms with Crippen LogP contribution in [0.3, 0.4) is 0 Å². The van der Waals surface area contributed by atoms with Crippen LogP contribution >= 0.6 is 24.0 Å². The predicted molar refractivity (Wildman–Crippen MR) is 108 cm³/mol. The van der Waals surface area contributed by atoms with E-state index in [1.54, 1.807) is 17.8 Å². The fraction of sp³-hybridized carbons (Fsp3) is 0.500. The van der Waals surface area contributed by atoms with Gasteiger partial charge in [0.1, 0.15) is 5.75 Å². The number of nitrogens with one attached hydrogen (secondary N) is 2. The molecule has 148 valence electrons. The van der Waals surface area contributed by atoms with Gasteiger partial charge in [-0.05, 0) is 44.5 Å². The van der Waals surface area contributed by atoms with Crippen LogP contribution in [-0.4, -0.2) is 40.4 Å². The first-order chi connectivity index (χ1) is 12.6. The Labute approximate surface area is 170 Å². The lowest BCUT2D eigenvalue weighted by atomic mass is 9.98. The highest BCUT2D eigenvalue weighted by atomic mass is 35.5. The van der Waals surface area contributed by atoms with Crippen molar-refractivity contribution < 1.29 is 9.53 Å². The summed E-state index contributed by atoms with van der Waals surface area (Å²) in [4.78, 5) is 16.6. The average Bonchev–Trinajstić information content (AvgIpc) is 3.01. The van der Waals surface area contributed by atoms with Crippen LogP contribution in [0, 0.1) is 0 Å². The van der Waals surface area contributed by atoms with Crippen molar-refractivity contribution >= 4 is 35.9 Å². The number of aromatic nitrogens is 3. The number of anilines is 1. The summed E-state index contributed by atoms with van der Waals surface area (Å²) in [7, 11) is 1.80. The van der Waals surface area contributed by atoms with Crippen molar-refractivity contribution in [3.05, 3.63) is 35.1 Å². The molecule has 0 saturated carbocycles. The molecule has 27 heavy (non-hydrogen) atoms. The fourth-order valence-corrected chi connectivity index (χ4v) is 3.12. The third-order valence-corrected chi connectivity index (χ3v) is 4.69. The maximum atomic E-state index is 12.1. The van der Waals surface area contributed by atoms with Crippen molar-refractivity contribution in [2.24, 2.45) is 7.05 Å². The normalized spacial score (nSPS) is 14.4. The summed E-state index contributed by atoms with van der Waals surface area (Å²) in [6.07, 6.45) is 2.99. The van der Waals surface area contributed by atoms with E-state index in [9.17, 15) is 4.79 Å². The number of amides is 1. The molecule has 0 bridgehead atoms. The lowest BCUT2D eigenvalue weighted by Crippen LogP contribution is -2.27. The van der Waals surface area contributed by atoms with Crippen molar-refractivity contribution in [2.75, 3.05) is 25.0 Å². The van der Waals surface area contributed by atoms with E-state index in [1.807, 2.05) is 18.2 Å². The maximum Gasteiger partial charge on any atom is 0.227 e. The monoisotopic (exact) mass is 413 g/mol. The van der Waals surface area contributed by atoms with Gasteiger partial charge in [-0.1, -0.05) is 23.7 Å². The summed E-state index contributed by atoms with van der Waals surface area (Å²) < 4.78 is 7.23. The van der Waals surface area contributed by atoms with Gasteiger partial charge in [0.05, 0.1) is 11.6 Å². The second-order valence-corrected chi connectivity index (χ2v) is 6.78. The molecule has 2 N–H and O–H groups in total. The highest BCUT2D eigenvalue weighted by molar-refractivity contribution is 6.32. The minimum absolute atomic E-state index is 0. The van der Waals surface area contributed by atoms with E-state index in [2.05, 4.69) is 20.7 Å². The van der Waals surface area contributed by atoms with Gasteiger partial charge in [0.2, 0.25) is 11.9 Å². The van der Waals surface area contributed by atoms with Crippen LogP contribution in [0.25, 0.3) is 0 Å². The molecule has 1 aliphatic heterocycles. The van der Waals surface area contributed by atoms with Crippen molar-refractivity contribution in [3.8, 4) is 5.75 Å². The molecular formula is C18H25Cl2N5O2. The molecule has 0 radical (unpaired) electrons. The van der Waals surface area contributed by atoms with E-state index < -0.39 is 0 Å². The number of carbonyl (C=O) groups excluding carboxylic acids is 1. The second-order valence-electron chi connectivity index (χ2n) is 6.37. The lowest BCUT2D eigenvalue weighted by Gasteiger charge is -2.19. The van der Waals surface area contributed by atoms with Crippen LogP contribution in [0.2, 0.25) is 5.02 Å². The van der Waals surface area contributed by atoms with Crippen molar-refractivity contribution in [1.82, 2.24) is 20.1 Å². The van der Waals surface area contributed by atoms with Gasteiger partial charge in [-0.3, -0.25) is 10.1 Å². The van der Waals surface area contributed by atoms with Gasteiger partial charge in [0.15, 0.2) is 5.82 Å². The van der Waals surface area contributed by atoms with Crippen molar-refractivity contribution in [1.29, 1.82) is 0 Å². The number of para-hydroxylation sites is 1. The summed E-state index contributed by atoms with van der Waals surface area (Å²) in [5, 5.41) is 11.2. The molecule has 7 nitrogen and oxygen atoms in total. The zero-order chi connectivity index (χ0) is 18.4. The number of rotatable bonds is 7. The van der Waals surface area contributed by atoms with Gasteiger partial charge in [-0.2, -0.15) is 10.1 Å². The SMILES string of the molecule is Cl.Cn1nc(C2CCNCC2)nc1NC(=O)CCCOc1ccccc1Cl. The molecule has 1 aliphatic rings. The second kappa shape index (κ2) is 10.5. The Kier molecular flexibility index (Phi) is 8.34. The molecule has 0 aliphatic carbocycles. The van der Waals surface area contributed by atoms with Gasteiger partial charge < -0.3 is 10.1 Å². The highest BCUT2D eigenvalue weighted by Gasteiger charge is 2.21. The first-order valence-electron chi connectivity index (χ1n) is 8.92. The molecule has 9 heteroatoms. The quantitative estimate of drug-likeness (QED) is 0.681. The zero-order valence-electron chi connectivity index (χ0n) is 15.3. The van der Waals surface area contributed by atoms with Crippen LogP contribution < -0.4 is 15.4 Å². The van der Waals surface area contributed by atoms with E-state index in [-0.39, 0.29) is 18.3 Å². The molecule has 1 fully saturated rings. The minimum atomic E-state index is -0.0971. The zero-order valence-corrected chi connectivity index (χ0v) is 16.9. The molecule has 1 aromatic heterocycles. The molecule has 1 saturated heterocycles. The Hall–Kier alpha value is -1.83. The summed E-state index contributed by atoms with van der Waals surface area (Å²) in [6, 6.07) is 7.30. The number of hydrogen-bond donors (Lipinski definition) is 2. The Morgan fingerprint density at radius 2 is 2.11 bits per heavy atom. The molecule has 1 amide bonds. The molecule has 0 atom stereocenters. The topological polar surface area (TPSA) is 81.1 Å². The molecule has 0 spiro atoms. The number of hydrogen-bond acceptors (Lipinski definition) is 5. The summed E-state index contributed by atoms with van der Waals surface area (Å²) >= 11 is 6.03. The Balaban J connectivity index is 0.00000261. The number of carbonyl (C=O) groups is 1. The molecular weight excluding hydrogens is 389 g/mol. The first-order valence-corrected chi connectivity index (χ1v) is 9.30. The van der Waals surface area contributed by atoms with Gasteiger partial charge in [0.25, 0.3) is 0 Å². The molecule has 2 heterocycles. The van der Waals surface area contributed by atoms with Gasteiger partial charge >= 0.3 is 0 Å². The van der Waals surface area contributed by atoms with Crippen LogP contribution in [0.1, 0.15) is 37.4 Å². The number of benzene rings is 1. The average molecular weight is 414 g/mol. The Morgan fingerprint density at radius 3 is 2.85 bits per heavy atom. The minimum Gasteiger partial charge on any atom is -0.492 e. The third kappa shape index (κ3) is 6.09. The summed E-state index contributed by atoms with van der Waals surface area (Å²) in [5.74, 6) is 2.20. The number of halogens is 2. The third-order valence-electron chi connectivity index (χ3n) is 4.38. The van der Waals surface area contributed by atoms with Gasteiger partial charge in [-0.25, -0.2) is 4.68 Å². The van der Waals surface area contributed by atoms with E-state index in [1.165, 1.54) is 0 Å². The molecule has 3 rings (SSSR count). The number of ether oxygens (including phenoxy) is 1. The number of aryl methyl sites for hydroxylation is 1. The summed E-state index contributed by atoms with van der Waals surface area (Å²) in [6.45, 7) is 2.39. The van der Waals surface area contributed by atoms with E-state index in [0.29, 0.717) is 42.1 Å². The maximum absolute atomic E-state index is 12.1. The van der Waals surface area contributed by atoms with Crippen LogP contribution in [0.15, 0.2) is 24.3 Å². The number of piperidine rings is 1. The van der Waals surface area contributed by atoms with Crippen molar-refractivity contribution in [3.63, 3.8) is 0 Å². The number of nitrogens with zero attached hydrogens (tertiary/aromatic N) is 3. The Bertz CT molecular complexity index is 747. The van der Waals surface area contributed by atoms with E-state index in [4.69, 9.17) is 16.3 Å². The standard InChI is InChI=1S/C18H24ClN5O2.ClH/c1-24-18(22-17(23-24)13-8-10-20-11-9-13)21-16(25)7-4-12-26-15-6-3-2-5-14(15)19;/h2-3,5-6,13,20H,4,7-12H2,1H3,(H,21,22,23,25);1H. The van der Waals surface area contributed by atoms with Gasteiger partial charge in [-0.15, -0.1) is 12.4 Å². The fourth-order valence-electron chi connectivity index (χ4n) is 2.93. The first kappa shape index (κ1) is 21.5. The largest absolute Gasteiger partial charge is 0.492 e. The highest BCUT2D eigenvalue weighted by Crippen LogP contribution is 2.24. The lowest BCUT2D eigenvalue weighted by molar-refractivity contribution is -0.116. The smallest absolute Gasteiger partial charge is 0.227 e. The van der Waals surface area contributed by atoms with E-state index in [0.717, 1.165) is 31.8 Å².